The second-order valence-electron chi connectivity index (χ2n) is 16.8. The van der Waals surface area contributed by atoms with E-state index in [-0.39, 0.29) is 37.5 Å². The molecule has 67 heavy (non-hydrogen) atoms. The van der Waals surface area contributed by atoms with Gasteiger partial charge < -0.3 is 14.2 Å². The van der Waals surface area contributed by atoms with E-state index in [1.54, 1.807) is 0 Å². The number of unbranched alkanes of at least 4 members (excludes halogenated alkanes) is 14. The molecule has 0 bridgehead atoms. The third kappa shape index (κ3) is 52.1. The second kappa shape index (κ2) is 53.9. The molecule has 0 radical (unpaired) electrons. The Labute approximate surface area is 410 Å². The number of esters is 3. The molecule has 0 N–H and O–H groups in total. The summed E-state index contributed by atoms with van der Waals surface area (Å²) >= 11 is 0. The van der Waals surface area contributed by atoms with Crippen molar-refractivity contribution in [3.63, 3.8) is 0 Å². The molecule has 6 nitrogen and oxygen atoms in total. The summed E-state index contributed by atoms with van der Waals surface area (Å²) < 4.78 is 16.7. The molecule has 0 aliphatic heterocycles. The van der Waals surface area contributed by atoms with Crippen LogP contribution in [0.1, 0.15) is 201 Å². The highest BCUT2D eigenvalue weighted by atomic mass is 16.6. The van der Waals surface area contributed by atoms with Crippen molar-refractivity contribution in [1.29, 1.82) is 0 Å². The number of carbonyl (C=O) groups is 3. The molecule has 1 atom stereocenters. The topological polar surface area (TPSA) is 78.9 Å². The van der Waals surface area contributed by atoms with Crippen LogP contribution in [0.4, 0.5) is 0 Å². The van der Waals surface area contributed by atoms with Gasteiger partial charge in [0.05, 0.1) is 0 Å². The minimum absolute atomic E-state index is 0.127. The normalized spacial score (nSPS) is 13.3. The van der Waals surface area contributed by atoms with Crippen LogP contribution >= 0.6 is 0 Å². The van der Waals surface area contributed by atoms with Crippen LogP contribution in [0.15, 0.2) is 146 Å². The molecule has 0 aliphatic rings. The monoisotopic (exact) mass is 923 g/mol. The first-order valence-corrected chi connectivity index (χ1v) is 26.4. The van der Waals surface area contributed by atoms with Crippen LogP contribution in [0.2, 0.25) is 0 Å². The summed E-state index contributed by atoms with van der Waals surface area (Å²) in [4.78, 5) is 38.0. The van der Waals surface area contributed by atoms with Crippen molar-refractivity contribution in [3.8, 4) is 0 Å². The van der Waals surface area contributed by atoms with Gasteiger partial charge >= 0.3 is 17.9 Å². The van der Waals surface area contributed by atoms with Crippen molar-refractivity contribution in [1.82, 2.24) is 0 Å². The van der Waals surface area contributed by atoms with E-state index in [1.165, 1.54) is 32.1 Å². The zero-order valence-electron chi connectivity index (χ0n) is 42.6. The molecule has 6 heteroatoms. The van der Waals surface area contributed by atoms with Gasteiger partial charge in [-0.1, -0.05) is 218 Å². The standard InChI is InChI=1S/C61H94O6/c1-4-7-10-13-16-19-22-25-28-30-32-33-36-39-42-45-48-51-54-60(63)66-57-58(56-65-59(62)53-50-47-44-41-38-35-27-24-21-18-15-12-9-6-3)67-61(64)55-52-49-46-43-40-37-34-31-29-26-23-20-17-14-11-8-5-2/h9-10,12-13,16-22,25-30,32-35,37,43,46,58H,4-8,11,14-15,23-24,31,36,38-42,44-45,47-57H2,1-3H3/b12-9-,13-10-,19-16-,20-17-,21-18-,25-22-,29-26-,30-28-,33-32-,35-27-,37-34-,46-43-. The molecule has 0 aromatic heterocycles. The number of hydrogen-bond donors (Lipinski definition) is 0. The zero-order valence-corrected chi connectivity index (χ0v) is 42.6. The van der Waals surface area contributed by atoms with Gasteiger partial charge in [0.2, 0.25) is 0 Å². The molecule has 1 unspecified atom stereocenters. The third-order valence-electron chi connectivity index (χ3n) is 10.4. The van der Waals surface area contributed by atoms with E-state index in [9.17, 15) is 14.4 Å². The molecule has 0 fully saturated rings. The molecule has 374 valence electrons. The number of ether oxygens (including phenoxy) is 3. The fraction of sp³-hybridized carbons (Fsp3) is 0.557. The van der Waals surface area contributed by atoms with Crippen LogP contribution in [0.3, 0.4) is 0 Å². The van der Waals surface area contributed by atoms with E-state index >= 15 is 0 Å². The highest BCUT2D eigenvalue weighted by Gasteiger charge is 2.19. The Kier molecular flexibility index (Phi) is 50.1. The molecule has 0 amide bonds. The number of carbonyl (C=O) groups excluding carboxylic acids is 3. The zero-order chi connectivity index (χ0) is 48.6. The Morgan fingerprint density at radius 3 is 1.15 bits per heavy atom. The van der Waals surface area contributed by atoms with E-state index in [0.717, 1.165) is 122 Å². The molecule has 0 rings (SSSR count). The predicted molar refractivity (Wildman–Crippen MR) is 288 cm³/mol. The van der Waals surface area contributed by atoms with Crippen molar-refractivity contribution in [2.24, 2.45) is 0 Å². The summed E-state index contributed by atoms with van der Waals surface area (Å²) in [6.45, 7) is 6.30. The van der Waals surface area contributed by atoms with Gasteiger partial charge in [0.25, 0.3) is 0 Å². The average molecular weight is 923 g/mol. The summed E-state index contributed by atoms with van der Waals surface area (Å²) in [5.74, 6) is -1.04. The summed E-state index contributed by atoms with van der Waals surface area (Å²) in [6, 6.07) is 0. The van der Waals surface area contributed by atoms with Crippen molar-refractivity contribution >= 4 is 17.9 Å². The molecule has 0 aliphatic carbocycles. The van der Waals surface area contributed by atoms with Crippen LogP contribution in [0.25, 0.3) is 0 Å². The lowest BCUT2D eigenvalue weighted by atomic mass is 10.1. The van der Waals surface area contributed by atoms with E-state index < -0.39 is 6.10 Å². The van der Waals surface area contributed by atoms with Crippen molar-refractivity contribution in [3.05, 3.63) is 146 Å². The first kappa shape index (κ1) is 62.3. The second-order valence-corrected chi connectivity index (χ2v) is 16.8. The molecule has 0 aromatic carbocycles. The van der Waals surface area contributed by atoms with Crippen molar-refractivity contribution in [2.45, 2.75) is 207 Å². The van der Waals surface area contributed by atoms with E-state index in [2.05, 4.69) is 130 Å². The summed E-state index contributed by atoms with van der Waals surface area (Å²) in [5.41, 5.74) is 0. The van der Waals surface area contributed by atoms with Crippen molar-refractivity contribution < 1.29 is 28.6 Å². The van der Waals surface area contributed by atoms with Crippen LogP contribution in [0, 0.1) is 0 Å². The highest BCUT2D eigenvalue weighted by Crippen LogP contribution is 2.12. The number of rotatable bonds is 45. The molecule has 0 aromatic rings. The maximum absolute atomic E-state index is 12.8. The fourth-order valence-corrected chi connectivity index (χ4v) is 6.48. The first-order valence-electron chi connectivity index (χ1n) is 26.4. The largest absolute Gasteiger partial charge is 0.462 e. The number of allylic oxidation sites excluding steroid dienone is 24. The van der Waals surface area contributed by atoms with Gasteiger partial charge in [-0.25, -0.2) is 0 Å². The molecule has 0 spiro atoms. The lowest BCUT2D eigenvalue weighted by Gasteiger charge is -2.18. The molecule has 0 saturated carbocycles. The van der Waals surface area contributed by atoms with E-state index in [1.807, 2.05) is 36.5 Å². The quantitative estimate of drug-likeness (QED) is 0.0199. The van der Waals surface area contributed by atoms with Crippen LogP contribution in [-0.4, -0.2) is 37.2 Å². The third-order valence-corrected chi connectivity index (χ3v) is 10.4. The van der Waals surface area contributed by atoms with Crippen LogP contribution in [-0.2, 0) is 28.6 Å². The summed E-state index contributed by atoms with van der Waals surface area (Å²) in [7, 11) is 0. The molecule has 0 saturated heterocycles. The highest BCUT2D eigenvalue weighted by molar-refractivity contribution is 5.71. The maximum atomic E-state index is 12.8. The van der Waals surface area contributed by atoms with E-state index in [4.69, 9.17) is 14.2 Å². The fourth-order valence-electron chi connectivity index (χ4n) is 6.48. The van der Waals surface area contributed by atoms with E-state index in [0.29, 0.717) is 19.3 Å². The minimum atomic E-state index is -0.833. The number of hydrogen-bond acceptors (Lipinski definition) is 6. The Bertz CT molecular complexity index is 1530. The Morgan fingerprint density at radius 1 is 0.328 bits per heavy atom. The lowest BCUT2D eigenvalue weighted by molar-refractivity contribution is -0.167. The van der Waals surface area contributed by atoms with Crippen LogP contribution < -0.4 is 0 Å². The van der Waals surface area contributed by atoms with Gasteiger partial charge in [-0.15, -0.1) is 0 Å². The average Bonchev–Trinajstić information content (AvgIpc) is 3.33. The molecular formula is C61H94O6. The van der Waals surface area contributed by atoms with Gasteiger partial charge in [-0.3, -0.25) is 14.4 Å². The van der Waals surface area contributed by atoms with Crippen LogP contribution in [0.5, 0.6) is 0 Å². The smallest absolute Gasteiger partial charge is 0.306 e. The first-order chi connectivity index (χ1) is 33.0. The van der Waals surface area contributed by atoms with Gasteiger partial charge in [0.1, 0.15) is 13.2 Å². The van der Waals surface area contributed by atoms with Crippen molar-refractivity contribution in [2.75, 3.05) is 13.2 Å². The Balaban J connectivity index is 4.60. The predicted octanol–water partition coefficient (Wildman–Crippen LogP) is 17.6. The Morgan fingerprint density at radius 2 is 0.687 bits per heavy atom. The Hall–Kier alpha value is -4.71. The molecule has 0 heterocycles. The van der Waals surface area contributed by atoms with Gasteiger partial charge in [0, 0.05) is 19.3 Å². The van der Waals surface area contributed by atoms with Gasteiger partial charge in [0.15, 0.2) is 6.10 Å². The van der Waals surface area contributed by atoms with Gasteiger partial charge in [-0.05, 0) is 109 Å². The summed E-state index contributed by atoms with van der Waals surface area (Å²) in [6.07, 6.45) is 76.8. The SMILES string of the molecule is CC/C=C\C/C=C\C/C=C\CCCCCCC(=O)OCC(COC(=O)CCCCCCC\C=C/C=C\C=C/C=C\C=C/CCC)OC(=O)CCC/C=C\C/C=C\C/C=C\C/C=C\CCCCC. The maximum Gasteiger partial charge on any atom is 0.306 e. The lowest BCUT2D eigenvalue weighted by Crippen LogP contribution is -2.30. The minimum Gasteiger partial charge on any atom is -0.462 e. The molecular weight excluding hydrogens is 829 g/mol. The van der Waals surface area contributed by atoms with Gasteiger partial charge in [-0.2, -0.15) is 0 Å². The summed E-state index contributed by atoms with van der Waals surface area (Å²) in [5, 5.41) is 0.